The summed E-state index contributed by atoms with van der Waals surface area (Å²) >= 11 is 0. The molecule has 1 aliphatic rings. The van der Waals surface area contributed by atoms with Crippen LogP contribution in [0.3, 0.4) is 0 Å². The third kappa shape index (κ3) is 26.4. The van der Waals surface area contributed by atoms with Crippen molar-refractivity contribution in [3.8, 4) is 0 Å². The van der Waals surface area contributed by atoms with Gasteiger partial charge in [-0.3, -0.25) is 4.79 Å². The third-order valence-corrected chi connectivity index (χ3v) is 3.89. The zero-order chi connectivity index (χ0) is 17.0. The SMILES string of the molecule is C1CO1.CCCCCCCC/C=C\CCCCCCCC(N)=O. The fraction of sp³-hybridized carbons (Fsp3) is 0.850. The minimum atomic E-state index is -0.164. The van der Waals surface area contributed by atoms with Gasteiger partial charge in [0.1, 0.15) is 0 Å². The first-order valence-electron chi connectivity index (χ1n) is 9.78. The van der Waals surface area contributed by atoms with Gasteiger partial charge < -0.3 is 10.5 Å². The fourth-order valence-electron chi connectivity index (χ4n) is 2.37. The first kappa shape index (κ1) is 22.2. The van der Waals surface area contributed by atoms with Crippen LogP contribution in [0, 0.1) is 0 Å². The molecule has 1 rings (SSSR count). The third-order valence-electron chi connectivity index (χ3n) is 3.89. The monoisotopic (exact) mass is 325 g/mol. The fourth-order valence-corrected chi connectivity index (χ4v) is 2.37. The molecule has 1 amide bonds. The van der Waals surface area contributed by atoms with Crippen LogP contribution in [-0.2, 0) is 9.53 Å². The number of primary amides is 1. The van der Waals surface area contributed by atoms with Gasteiger partial charge in [0.15, 0.2) is 0 Å². The van der Waals surface area contributed by atoms with Crippen molar-refractivity contribution in [2.75, 3.05) is 13.2 Å². The van der Waals surface area contributed by atoms with Gasteiger partial charge in [0, 0.05) is 6.42 Å². The van der Waals surface area contributed by atoms with Gasteiger partial charge in [-0.25, -0.2) is 0 Å². The van der Waals surface area contributed by atoms with Crippen LogP contribution in [0.25, 0.3) is 0 Å². The van der Waals surface area contributed by atoms with Crippen molar-refractivity contribution in [3.63, 3.8) is 0 Å². The summed E-state index contributed by atoms with van der Waals surface area (Å²) < 4.78 is 4.50. The Morgan fingerprint density at radius 1 is 0.826 bits per heavy atom. The normalized spacial score (nSPS) is 12.9. The van der Waals surface area contributed by atoms with Crippen molar-refractivity contribution in [2.45, 2.75) is 96.8 Å². The molecular formula is C20H39NO2. The lowest BCUT2D eigenvalue weighted by molar-refractivity contribution is -0.118. The van der Waals surface area contributed by atoms with Gasteiger partial charge in [0.05, 0.1) is 13.2 Å². The van der Waals surface area contributed by atoms with Gasteiger partial charge in [-0.1, -0.05) is 70.4 Å². The summed E-state index contributed by atoms with van der Waals surface area (Å²) in [6, 6.07) is 0. The second kappa shape index (κ2) is 19.2. The second-order valence-electron chi connectivity index (χ2n) is 6.41. The summed E-state index contributed by atoms with van der Waals surface area (Å²) in [7, 11) is 0. The lowest BCUT2D eigenvalue weighted by Gasteiger charge is -1.99. The van der Waals surface area contributed by atoms with Crippen LogP contribution in [0.2, 0.25) is 0 Å². The number of ether oxygens (including phenoxy) is 1. The first-order chi connectivity index (χ1) is 11.3. The van der Waals surface area contributed by atoms with E-state index in [1.807, 2.05) is 0 Å². The Morgan fingerprint density at radius 3 is 1.70 bits per heavy atom. The van der Waals surface area contributed by atoms with E-state index >= 15 is 0 Å². The lowest BCUT2D eigenvalue weighted by atomic mass is 10.1. The maximum Gasteiger partial charge on any atom is 0.217 e. The Morgan fingerprint density at radius 2 is 1.26 bits per heavy atom. The number of carbonyl (C=O) groups excluding carboxylic acids is 1. The van der Waals surface area contributed by atoms with E-state index < -0.39 is 0 Å². The summed E-state index contributed by atoms with van der Waals surface area (Å²) in [5.41, 5.74) is 5.10. The number of nitrogens with two attached hydrogens (primary N) is 1. The number of allylic oxidation sites excluding steroid dienone is 2. The smallest absolute Gasteiger partial charge is 0.217 e. The summed E-state index contributed by atoms with van der Waals surface area (Å²) in [6.45, 7) is 4.26. The molecule has 1 fully saturated rings. The molecule has 3 nitrogen and oxygen atoms in total. The van der Waals surface area contributed by atoms with E-state index in [1.165, 1.54) is 70.6 Å². The molecule has 23 heavy (non-hydrogen) atoms. The van der Waals surface area contributed by atoms with Crippen molar-refractivity contribution in [2.24, 2.45) is 5.73 Å². The number of unbranched alkanes of at least 4 members (excludes halogenated alkanes) is 11. The largest absolute Gasteiger partial charge is 0.377 e. The van der Waals surface area contributed by atoms with Gasteiger partial charge in [-0.2, -0.15) is 0 Å². The molecule has 0 saturated carbocycles. The quantitative estimate of drug-likeness (QED) is 0.245. The molecule has 1 saturated heterocycles. The summed E-state index contributed by atoms with van der Waals surface area (Å²) in [5, 5.41) is 0. The Labute approximate surface area is 144 Å². The van der Waals surface area contributed by atoms with E-state index in [0.717, 1.165) is 26.1 Å². The highest BCUT2D eigenvalue weighted by molar-refractivity contribution is 5.73. The molecule has 0 aliphatic carbocycles. The number of epoxide rings is 1. The molecule has 136 valence electrons. The zero-order valence-electron chi connectivity index (χ0n) is 15.4. The summed E-state index contributed by atoms with van der Waals surface area (Å²) in [4.78, 5) is 10.5. The first-order valence-corrected chi connectivity index (χ1v) is 9.78. The van der Waals surface area contributed by atoms with Crippen LogP contribution < -0.4 is 5.73 Å². The Kier molecular flexibility index (Phi) is 18.5. The molecule has 0 aromatic rings. The number of hydrogen-bond donors (Lipinski definition) is 1. The minimum Gasteiger partial charge on any atom is -0.377 e. The molecule has 0 bridgehead atoms. The van der Waals surface area contributed by atoms with Crippen LogP contribution in [0.15, 0.2) is 12.2 Å². The highest BCUT2D eigenvalue weighted by Crippen LogP contribution is 2.09. The highest BCUT2D eigenvalue weighted by atomic mass is 16.6. The maximum atomic E-state index is 10.5. The van der Waals surface area contributed by atoms with Gasteiger partial charge in [-0.15, -0.1) is 0 Å². The molecule has 1 aliphatic heterocycles. The maximum absolute atomic E-state index is 10.5. The van der Waals surface area contributed by atoms with Crippen LogP contribution in [0.4, 0.5) is 0 Å². The van der Waals surface area contributed by atoms with Crippen molar-refractivity contribution in [3.05, 3.63) is 12.2 Å². The Balaban J connectivity index is 0.00000143. The van der Waals surface area contributed by atoms with Crippen LogP contribution in [0.1, 0.15) is 96.8 Å². The van der Waals surface area contributed by atoms with E-state index in [1.54, 1.807) is 0 Å². The van der Waals surface area contributed by atoms with Gasteiger partial charge >= 0.3 is 0 Å². The average Bonchev–Trinajstić information content (AvgIpc) is 3.39. The summed E-state index contributed by atoms with van der Waals surface area (Å²) in [5.74, 6) is -0.164. The van der Waals surface area contributed by atoms with Crippen LogP contribution in [-0.4, -0.2) is 19.1 Å². The zero-order valence-corrected chi connectivity index (χ0v) is 15.4. The molecule has 0 radical (unpaired) electrons. The van der Waals surface area contributed by atoms with E-state index in [4.69, 9.17) is 5.73 Å². The molecule has 1 heterocycles. The number of amides is 1. The number of carbonyl (C=O) groups is 1. The number of hydrogen-bond acceptors (Lipinski definition) is 2. The van der Waals surface area contributed by atoms with E-state index in [9.17, 15) is 4.79 Å². The molecule has 2 N–H and O–H groups in total. The summed E-state index contributed by atoms with van der Waals surface area (Å²) in [6.07, 6.45) is 21.9. The van der Waals surface area contributed by atoms with Gasteiger partial charge in [0.2, 0.25) is 5.91 Å². The van der Waals surface area contributed by atoms with Crippen LogP contribution >= 0.6 is 0 Å². The molecule has 0 aromatic heterocycles. The van der Waals surface area contributed by atoms with E-state index in [0.29, 0.717) is 6.42 Å². The topological polar surface area (TPSA) is 55.6 Å². The van der Waals surface area contributed by atoms with Crippen LogP contribution in [0.5, 0.6) is 0 Å². The molecular weight excluding hydrogens is 286 g/mol. The predicted octanol–water partition coefficient (Wildman–Crippen LogP) is 5.53. The van der Waals surface area contributed by atoms with Gasteiger partial charge in [0.25, 0.3) is 0 Å². The van der Waals surface area contributed by atoms with Gasteiger partial charge in [-0.05, 0) is 32.1 Å². The molecule has 0 atom stereocenters. The predicted molar refractivity (Wildman–Crippen MR) is 99.5 cm³/mol. The van der Waals surface area contributed by atoms with E-state index in [2.05, 4.69) is 23.8 Å². The second-order valence-corrected chi connectivity index (χ2v) is 6.41. The molecule has 3 heteroatoms. The Bertz CT molecular complexity index is 272. The molecule has 0 spiro atoms. The van der Waals surface area contributed by atoms with Crippen molar-refractivity contribution in [1.82, 2.24) is 0 Å². The minimum absolute atomic E-state index is 0.164. The van der Waals surface area contributed by atoms with Crippen molar-refractivity contribution in [1.29, 1.82) is 0 Å². The average molecular weight is 326 g/mol. The molecule has 0 aromatic carbocycles. The molecule has 0 unspecified atom stereocenters. The van der Waals surface area contributed by atoms with Crippen molar-refractivity contribution < 1.29 is 9.53 Å². The van der Waals surface area contributed by atoms with Crippen molar-refractivity contribution >= 4 is 5.91 Å². The Hall–Kier alpha value is -0.830. The highest BCUT2D eigenvalue weighted by Gasteiger charge is 1.94. The lowest BCUT2D eigenvalue weighted by Crippen LogP contribution is -2.09. The standard InChI is InChI=1S/C18H35NO.C2H4O/c1-2-3-4-5-6-7-8-9-10-11-12-13-14-15-16-17-18(19)20;1-2-3-1/h9-10H,2-8,11-17H2,1H3,(H2,19,20);1-2H2/b10-9-;. The number of rotatable bonds is 15. The van der Waals surface area contributed by atoms with E-state index in [-0.39, 0.29) is 5.91 Å².